The van der Waals surface area contributed by atoms with Crippen LogP contribution in [-0.2, 0) is 9.53 Å². The Kier molecular flexibility index (Phi) is 13.2. The molecule has 0 radical (unpaired) electrons. The quantitative estimate of drug-likeness (QED) is 0.316. The first kappa shape index (κ1) is 24.4. The number of aliphatic imine (C=N–C) groups is 1. The molecule has 1 atom stereocenters. The molecule has 0 bridgehead atoms. The highest BCUT2D eigenvalue weighted by Gasteiger charge is 2.23. The largest absolute Gasteiger partial charge is 0.379 e. The Morgan fingerprint density at radius 2 is 1.88 bits per heavy atom. The van der Waals surface area contributed by atoms with Crippen molar-refractivity contribution in [2.24, 2.45) is 10.9 Å². The lowest BCUT2D eigenvalue weighted by Gasteiger charge is -2.36. The zero-order valence-electron chi connectivity index (χ0n) is 16.4. The van der Waals surface area contributed by atoms with Crippen molar-refractivity contribution in [3.8, 4) is 0 Å². The lowest BCUT2D eigenvalue weighted by Crippen LogP contribution is -2.48. The van der Waals surface area contributed by atoms with Crippen LogP contribution >= 0.6 is 24.0 Å². The molecular formula is C17H36IN5O2. The third-order valence-electron chi connectivity index (χ3n) is 4.20. The highest BCUT2D eigenvalue weighted by molar-refractivity contribution is 14.0. The van der Waals surface area contributed by atoms with Gasteiger partial charge in [-0.05, 0) is 12.8 Å². The number of ether oxygens (including phenoxy) is 1. The predicted octanol–water partition coefficient (Wildman–Crippen LogP) is 0.995. The molecule has 1 heterocycles. The molecule has 1 rings (SSSR count). The molecule has 7 nitrogen and oxygen atoms in total. The second-order valence-corrected chi connectivity index (χ2v) is 6.64. The van der Waals surface area contributed by atoms with Crippen LogP contribution in [0.2, 0.25) is 0 Å². The topological polar surface area (TPSA) is 69.2 Å². The maximum absolute atomic E-state index is 11.7. The van der Waals surface area contributed by atoms with Crippen LogP contribution in [0.1, 0.15) is 27.2 Å². The number of carbonyl (C=O) groups is 1. The summed E-state index contributed by atoms with van der Waals surface area (Å²) in [5.41, 5.74) is 0. The molecule has 0 spiro atoms. The summed E-state index contributed by atoms with van der Waals surface area (Å²) in [5, 5.41) is 6.51. The number of morpholine rings is 1. The van der Waals surface area contributed by atoms with Crippen molar-refractivity contribution in [1.29, 1.82) is 0 Å². The van der Waals surface area contributed by atoms with E-state index in [0.717, 1.165) is 45.4 Å². The molecule has 1 saturated heterocycles. The fourth-order valence-corrected chi connectivity index (χ4v) is 2.70. The van der Waals surface area contributed by atoms with Crippen LogP contribution in [0.15, 0.2) is 4.99 Å². The maximum atomic E-state index is 11.7. The van der Waals surface area contributed by atoms with Gasteiger partial charge in [-0.15, -0.1) is 24.0 Å². The van der Waals surface area contributed by atoms with E-state index in [1.54, 1.807) is 19.0 Å². The van der Waals surface area contributed by atoms with Gasteiger partial charge in [-0.1, -0.05) is 13.8 Å². The van der Waals surface area contributed by atoms with Gasteiger partial charge in [0.15, 0.2) is 5.96 Å². The van der Waals surface area contributed by atoms with Crippen molar-refractivity contribution in [3.05, 3.63) is 0 Å². The fourth-order valence-electron chi connectivity index (χ4n) is 2.70. The lowest BCUT2D eigenvalue weighted by atomic mass is 10.0. The SMILES string of the molecule is CCNC(=NCC(C(C)C)N1CCOCC1)NCCC(=O)N(C)C.I. The standard InChI is InChI=1S/C17H35N5O2.HI/c1-6-18-17(19-8-7-16(23)21(4)5)20-13-15(14(2)3)22-9-11-24-12-10-22;/h14-15H,6-13H2,1-5H3,(H2,18,19,20);1H. The predicted molar refractivity (Wildman–Crippen MR) is 114 cm³/mol. The molecule has 8 heteroatoms. The number of hydrogen-bond acceptors (Lipinski definition) is 4. The van der Waals surface area contributed by atoms with Gasteiger partial charge in [-0.25, -0.2) is 0 Å². The molecule has 0 aliphatic carbocycles. The number of nitrogens with zero attached hydrogens (tertiary/aromatic N) is 3. The molecule has 1 aliphatic rings. The van der Waals surface area contributed by atoms with Crippen molar-refractivity contribution < 1.29 is 9.53 Å². The Hall–Kier alpha value is -0.610. The first-order chi connectivity index (χ1) is 11.5. The highest BCUT2D eigenvalue weighted by atomic mass is 127. The molecule has 1 fully saturated rings. The van der Waals surface area contributed by atoms with Crippen molar-refractivity contribution in [2.75, 3.05) is 60.0 Å². The summed E-state index contributed by atoms with van der Waals surface area (Å²) in [5.74, 6) is 1.43. The van der Waals surface area contributed by atoms with Crippen LogP contribution in [0, 0.1) is 5.92 Å². The molecule has 2 N–H and O–H groups in total. The van der Waals surface area contributed by atoms with Crippen LogP contribution in [0.3, 0.4) is 0 Å². The number of guanidine groups is 1. The molecule has 0 saturated carbocycles. The number of nitrogens with one attached hydrogen (secondary N) is 2. The summed E-state index contributed by atoms with van der Waals surface area (Å²) in [6.45, 7) is 12.2. The van der Waals surface area contributed by atoms with Crippen LogP contribution < -0.4 is 10.6 Å². The maximum Gasteiger partial charge on any atom is 0.223 e. The van der Waals surface area contributed by atoms with Gasteiger partial charge < -0.3 is 20.3 Å². The summed E-state index contributed by atoms with van der Waals surface area (Å²) in [4.78, 5) is 20.5. The molecule has 25 heavy (non-hydrogen) atoms. The monoisotopic (exact) mass is 469 g/mol. The summed E-state index contributed by atoms with van der Waals surface area (Å²) in [7, 11) is 3.55. The second-order valence-electron chi connectivity index (χ2n) is 6.64. The summed E-state index contributed by atoms with van der Waals surface area (Å²) in [6.07, 6.45) is 0.467. The molecule has 0 aromatic heterocycles. The Morgan fingerprint density at radius 1 is 1.24 bits per heavy atom. The van der Waals surface area contributed by atoms with Gasteiger partial charge in [-0.3, -0.25) is 14.7 Å². The molecule has 0 aromatic rings. The summed E-state index contributed by atoms with van der Waals surface area (Å²) in [6, 6.07) is 0.410. The average molecular weight is 469 g/mol. The molecule has 1 unspecified atom stereocenters. The van der Waals surface area contributed by atoms with Gasteiger partial charge in [0, 0.05) is 52.7 Å². The van der Waals surface area contributed by atoms with Crippen LogP contribution in [0.25, 0.3) is 0 Å². The van der Waals surface area contributed by atoms with Gasteiger partial charge in [0.05, 0.1) is 19.8 Å². The molecule has 1 amide bonds. The Balaban J connectivity index is 0.00000576. The van der Waals surface area contributed by atoms with Crippen molar-refractivity contribution in [1.82, 2.24) is 20.4 Å². The van der Waals surface area contributed by atoms with E-state index in [4.69, 9.17) is 9.73 Å². The highest BCUT2D eigenvalue weighted by Crippen LogP contribution is 2.13. The lowest BCUT2D eigenvalue weighted by molar-refractivity contribution is -0.128. The molecule has 148 valence electrons. The minimum Gasteiger partial charge on any atom is -0.379 e. The smallest absolute Gasteiger partial charge is 0.223 e. The molecular weight excluding hydrogens is 433 g/mol. The molecule has 0 aromatic carbocycles. The third-order valence-corrected chi connectivity index (χ3v) is 4.20. The minimum atomic E-state index is 0. The van der Waals surface area contributed by atoms with Crippen molar-refractivity contribution in [3.63, 3.8) is 0 Å². The number of amides is 1. The average Bonchev–Trinajstić information content (AvgIpc) is 2.55. The van der Waals surface area contributed by atoms with Gasteiger partial charge >= 0.3 is 0 Å². The number of hydrogen-bond donors (Lipinski definition) is 2. The van der Waals surface area contributed by atoms with E-state index in [2.05, 4.69) is 29.4 Å². The van der Waals surface area contributed by atoms with Crippen molar-refractivity contribution >= 4 is 35.8 Å². The normalized spacial score (nSPS) is 17.0. The van der Waals surface area contributed by atoms with E-state index in [0.29, 0.717) is 24.9 Å². The third kappa shape index (κ3) is 9.60. The first-order valence-electron chi connectivity index (χ1n) is 8.99. The van der Waals surface area contributed by atoms with Gasteiger partial charge in [-0.2, -0.15) is 0 Å². The Bertz CT molecular complexity index is 398. The van der Waals surface area contributed by atoms with Gasteiger partial charge in [0.2, 0.25) is 5.91 Å². The van der Waals surface area contributed by atoms with E-state index < -0.39 is 0 Å². The Labute approximate surface area is 170 Å². The van der Waals surface area contributed by atoms with Crippen LogP contribution in [0.5, 0.6) is 0 Å². The summed E-state index contributed by atoms with van der Waals surface area (Å²) >= 11 is 0. The number of halogens is 1. The van der Waals surface area contributed by atoms with Crippen LogP contribution in [-0.4, -0.2) is 87.7 Å². The number of carbonyl (C=O) groups excluding carboxylic acids is 1. The number of rotatable bonds is 8. The zero-order chi connectivity index (χ0) is 17.9. The van der Waals surface area contributed by atoms with E-state index in [-0.39, 0.29) is 29.9 Å². The summed E-state index contributed by atoms with van der Waals surface area (Å²) < 4.78 is 5.45. The fraction of sp³-hybridized carbons (Fsp3) is 0.882. The first-order valence-corrected chi connectivity index (χ1v) is 8.99. The molecule has 1 aliphatic heterocycles. The van der Waals surface area contributed by atoms with E-state index in [1.807, 2.05) is 6.92 Å². The van der Waals surface area contributed by atoms with E-state index in [1.165, 1.54) is 0 Å². The zero-order valence-corrected chi connectivity index (χ0v) is 18.7. The Morgan fingerprint density at radius 3 is 2.40 bits per heavy atom. The second kappa shape index (κ2) is 13.6. The van der Waals surface area contributed by atoms with Gasteiger partial charge in [0.25, 0.3) is 0 Å². The van der Waals surface area contributed by atoms with Crippen molar-refractivity contribution in [2.45, 2.75) is 33.2 Å². The van der Waals surface area contributed by atoms with E-state index >= 15 is 0 Å². The van der Waals surface area contributed by atoms with Crippen LogP contribution in [0.4, 0.5) is 0 Å². The minimum absolute atomic E-state index is 0. The van der Waals surface area contributed by atoms with Gasteiger partial charge in [0.1, 0.15) is 0 Å². The van der Waals surface area contributed by atoms with E-state index in [9.17, 15) is 4.79 Å².